The molecule has 2 aliphatic rings. The van der Waals surface area contributed by atoms with Crippen molar-refractivity contribution in [3.05, 3.63) is 108 Å². The fourth-order valence-corrected chi connectivity index (χ4v) is 10.1. The predicted molar refractivity (Wildman–Crippen MR) is 291 cm³/mol. The molecule has 9 atom stereocenters. The summed E-state index contributed by atoms with van der Waals surface area (Å²) in [4.78, 5) is 141. The largest absolute Gasteiger partial charge is 0.481 e. The Kier molecular flexibility index (Phi) is 21.7. The summed E-state index contributed by atoms with van der Waals surface area (Å²) in [5.74, 6) is -8.84. The standard InChI is InChI=1S/C57H74N10O12/c1-5-34(4)49(65-50(71)39(58)27-35-16-8-6-9-17-35)55(76)62-42(28-36-18-10-7-11-19-36)51(72)60-32-47(68)66-24-14-22-45(66)53(74)63-43(29-37-31-59-40-21-13-12-20-38(37)40)56(77)67-25-15-23-46(67)54(75)61-41(26-33(2)3)52(73)64-44(57(78)79)30-48(69)70/h6-13,16-21,31,33-34,39,41-46,49,59H,5,14-15,22-30,32,58H2,1-4H3,(H,60,72)(H,61,75)(H,62,76)(H,63,74)(H,64,73)(H,65,71)(H,69,70)(H,78,79)/t34-,39-,41-,42-,43-,44-,45-,46-,49-/m0/s1. The number of likely N-dealkylation sites (tertiary alicyclic amines) is 2. The third kappa shape index (κ3) is 16.7. The van der Waals surface area contributed by atoms with Gasteiger partial charge in [-0.3, -0.25) is 43.2 Å². The maximum Gasteiger partial charge on any atom is 0.326 e. The van der Waals surface area contributed by atoms with Gasteiger partial charge in [-0.05, 0) is 73.1 Å². The van der Waals surface area contributed by atoms with Crippen LogP contribution in [0.4, 0.5) is 0 Å². The van der Waals surface area contributed by atoms with Crippen LogP contribution >= 0.6 is 0 Å². The van der Waals surface area contributed by atoms with E-state index < -0.39 is 120 Å². The topological polar surface area (TPSA) is 332 Å². The van der Waals surface area contributed by atoms with Crippen molar-refractivity contribution in [2.45, 2.75) is 140 Å². The molecule has 0 radical (unpaired) electrons. The van der Waals surface area contributed by atoms with Crippen LogP contribution in [0.15, 0.2) is 91.1 Å². The quantitative estimate of drug-likeness (QED) is 0.0407. The summed E-state index contributed by atoms with van der Waals surface area (Å²) < 4.78 is 0. The predicted octanol–water partition coefficient (Wildman–Crippen LogP) is 1.70. The number of benzene rings is 3. The minimum Gasteiger partial charge on any atom is -0.481 e. The summed E-state index contributed by atoms with van der Waals surface area (Å²) in [6, 6.07) is 15.9. The molecule has 4 aromatic rings. The number of para-hydroxylation sites is 1. The molecule has 1 aromatic heterocycles. The highest BCUT2D eigenvalue weighted by Crippen LogP contribution is 2.25. The van der Waals surface area contributed by atoms with Crippen molar-refractivity contribution in [1.82, 2.24) is 46.7 Å². The Bertz CT molecular complexity index is 2810. The first kappa shape index (κ1) is 60.1. The minimum absolute atomic E-state index is 0.0226. The first-order valence-electron chi connectivity index (χ1n) is 27.0. The minimum atomic E-state index is -1.76. The van der Waals surface area contributed by atoms with Crippen LogP contribution in [0.2, 0.25) is 0 Å². The number of carbonyl (C=O) groups excluding carboxylic acids is 8. The highest BCUT2D eigenvalue weighted by molar-refractivity contribution is 5.98. The first-order valence-corrected chi connectivity index (χ1v) is 27.0. The van der Waals surface area contributed by atoms with Crippen LogP contribution in [0.25, 0.3) is 10.9 Å². The lowest BCUT2D eigenvalue weighted by molar-refractivity contribution is -0.147. The number of nitrogens with two attached hydrogens (primary N) is 1. The lowest BCUT2D eigenvalue weighted by Crippen LogP contribution is -2.59. The number of fused-ring (bicyclic) bond motifs is 1. The number of aliphatic carboxylic acids is 2. The number of carboxylic acids is 2. The first-order chi connectivity index (χ1) is 37.7. The molecule has 0 bridgehead atoms. The van der Waals surface area contributed by atoms with Gasteiger partial charge in [0, 0.05) is 43.0 Å². The molecule has 2 saturated heterocycles. The second-order valence-electron chi connectivity index (χ2n) is 20.9. The van der Waals surface area contributed by atoms with E-state index in [0.717, 1.165) is 16.5 Å². The number of carboxylic acid groups (broad SMARTS) is 2. The number of hydrogen-bond donors (Lipinski definition) is 10. The Morgan fingerprint density at radius 2 is 1.20 bits per heavy atom. The molecular weight excluding hydrogens is 1020 g/mol. The SMILES string of the molecule is CC[C@H](C)[C@H](NC(=O)[C@@H](N)Cc1ccccc1)C(=O)N[C@@H](Cc1ccccc1)C(=O)NCC(=O)N1CCC[C@H]1C(=O)N[C@@H](Cc1c[nH]c2ccccc12)C(=O)N1CCC[C@H]1C(=O)N[C@@H](CC(C)C)C(=O)N[C@@H](CC(=O)O)C(=O)O. The van der Waals surface area contributed by atoms with Gasteiger partial charge in [0.05, 0.1) is 19.0 Å². The van der Waals surface area contributed by atoms with E-state index in [9.17, 15) is 58.2 Å². The molecular formula is C57H74N10O12. The van der Waals surface area contributed by atoms with Crippen molar-refractivity contribution in [2.75, 3.05) is 19.6 Å². The number of amides is 8. The van der Waals surface area contributed by atoms with Crippen LogP contribution in [0.1, 0.15) is 89.3 Å². The number of nitrogens with zero attached hydrogens (tertiary/aromatic N) is 2. The van der Waals surface area contributed by atoms with Crippen LogP contribution < -0.4 is 37.6 Å². The number of carbonyl (C=O) groups is 10. The summed E-state index contributed by atoms with van der Waals surface area (Å²) in [5, 5.41) is 35.6. The second-order valence-corrected chi connectivity index (χ2v) is 20.9. The van der Waals surface area contributed by atoms with Crippen molar-refractivity contribution >= 4 is 70.1 Å². The Morgan fingerprint density at radius 3 is 1.81 bits per heavy atom. The molecule has 22 heteroatoms. The Morgan fingerprint density at radius 1 is 0.633 bits per heavy atom. The van der Waals surface area contributed by atoms with Crippen molar-refractivity contribution in [3.8, 4) is 0 Å². The third-order valence-electron chi connectivity index (χ3n) is 14.5. The van der Waals surface area contributed by atoms with E-state index in [1.54, 1.807) is 57.3 Å². The summed E-state index contributed by atoms with van der Waals surface area (Å²) in [6.45, 7) is 6.96. The van der Waals surface area contributed by atoms with Gasteiger partial charge in [-0.1, -0.05) is 113 Å². The van der Waals surface area contributed by atoms with Crippen molar-refractivity contribution in [3.63, 3.8) is 0 Å². The lowest BCUT2D eigenvalue weighted by atomic mass is 9.96. The molecule has 0 spiro atoms. The van der Waals surface area contributed by atoms with Crippen LogP contribution in [-0.4, -0.2) is 152 Å². The Balaban J connectivity index is 1.15. The van der Waals surface area contributed by atoms with Crippen LogP contribution in [0.3, 0.4) is 0 Å². The fourth-order valence-electron chi connectivity index (χ4n) is 10.1. The van der Waals surface area contributed by atoms with Crippen LogP contribution in [0, 0.1) is 11.8 Å². The van der Waals surface area contributed by atoms with Crippen molar-refractivity contribution in [1.29, 1.82) is 0 Å². The normalized spacial score (nSPS) is 17.8. The molecule has 11 N–H and O–H groups in total. The van der Waals surface area contributed by atoms with Gasteiger partial charge in [-0.15, -0.1) is 0 Å². The molecule has 8 amide bonds. The lowest BCUT2D eigenvalue weighted by Gasteiger charge is -2.31. The number of aromatic nitrogens is 1. The summed E-state index contributed by atoms with van der Waals surface area (Å²) >= 11 is 0. The van der Waals surface area contributed by atoms with Gasteiger partial charge < -0.3 is 62.6 Å². The molecule has 79 heavy (non-hydrogen) atoms. The maximum absolute atomic E-state index is 14.8. The molecule has 3 aromatic carbocycles. The van der Waals surface area contributed by atoms with Gasteiger partial charge in [-0.2, -0.15) is 0 Å². The molecule has 0 saturated carbocycles. The van der Waals surface area contributed by atoms with Crippen LogP contribution in [-0.2, 0) is 67.2 Å². The van der Waals surface area contributed by atoms with Gasteiger partial charge >= 0.3 is 11.9 Å². The summed E-state index contributed by atoms with van der Waals surface area (Å²) in [6.07, 6.45) is 2.90. The highest BCUT2D eigenvalue weighted by Gasteiger charge is 2.42. The van der Waals surface area contributed by atoms with Gasteiger partial charge in [0.25, 0.3) is 0 Å². The van der Waals surface area contributed by atoms with Gasteiger partial charge in [-0.25, -0.2) is 4.79 Å². The number of H-pyrrole nitrogens is 1. The maximum atomic E-state index is 14.8. The molecule has 22 nitrogen and oxygen atoms in total. The number of aromatic amines is 1. The Hall–Kier alpha value is -8.14. The van der Waals surface area contributed by atoms with E-state index in [1.165, 1.54) is 9.80 Å². The number of rotatable bonds is 27. The molecule has 424 valence electrons. The number of hydrogen-bond acceptors (Lipinski definition) is 11. The highest BCUT2D eigenvalue weighted by atomic mass is 16.4. The van der Waals surface area contributed by atoms with Gasteiger partial charge in [0.15, 0.2) is 0 Å². The van der Waals surface area contributed by atoms with Crippen molar-refractivity contribution < 1.29 is 58.2 Å². The van der Waals surface area contributed by atoms with Gasteiger partial charge in [0.1, 0.15) is 42.3 Å². The average molecular weight is 1090 g/mol. The molecule has 0 aliphatic carbocycles. The molecule has 6 rings (SSSR count). The molecule has 2 aliphatic heterocycles. The smallest absolute Gasteiger partial charge is 0.326 e. The zero-order valence-electron chi connectivity index (χ0n) is 45.1. The zero-order valence-corrected chi connectivity index (χ0v) is 45.1. The summed E-state index contributed by atoms with van der Waals surface area (Å²) in [7, 11) is 0. The molecule has 0 unspecified atom stereocenters. The van der Waals surface area contributed by atoms with E-state index in [2.05, 4.69) is 36.9 Å². The molecule has 3 heterocycles. The van der Waals surface area contributed by atoms with E-state index >= 15 is 0 Å². The number of nitrogens with one attached hydrogen (secondary N) is 7. The van der Waals surface area contributed by atoms with Crippen LogP contribution in [0.5, 0.6) is 0 Å². The Labute approximate surface area is 458 Å². The zero-order chi connectivity index (χ0) is 57.3. The van der Waals surface area contributed by atoms with E-state index in [-0.39, 0.29) is 63.5 Å². The van der Waals surface area contributed by atoms with Gasteiger partial charge in [0.2, 0.25) is 47.3 Å². The van der Waals surface area contributed by atoms with Crippen molar-refractivity contribution in [2.24, 2.45) is 17.6 Å². The fraction of sp³-hybridized carbons (Fsp3) is 0.474. The molecule has 2 fully saturated rings. The van der Waals surface area contributed by atoms with E-state index in [1.807, 2.05) is 61.5 Å². The average Bonchev–Trinajstić information content (AvgIpc) is 4.23. The van der Waals surface area contributed by atoms with E-state index in [0.29, 0.717) is 30.4 Å². The second kappa shape index (κ2) is 28.5. The monoisotopic (exact) mass is 1090 g/mol. The summed E-state index contributed by atoms with van der Waals surface area (Å²) in [5.41, 5.74) is 9.30. The third-order valence-corrected chi connectivity index (χ3v) is 14.5. The van der Waals surface area contributed by atoms with E-state index in [4.69, 9.17) is 5.73 Å².